The number of amides is 1. The van der Waals surface area contributed by atoms with Gasteiger partial charge in [0.2, 0.25) is 0 Å². The van der Waals surface area contributed by atoms with Gasteiger partial charge in [-0.2, -0.15) is 5.26 Å². The number of hydrogen-bond donors (Lipinski definition) is 1. The summed E-state index contributed by atoms with van der Waals surface area (Å²) >= 11 is 0. The molecule has 2 aliphatic heterocycles. The number of rotatable bonds is 1. The molecule has 106 valence electrons. The summed E-state index contributed by atoms with van der Waals surface area (Å²) in [6.45, 7) is 4.55. The van der Waals surface area contributed by atoms with Crippen LogP contribution in [0.2, 0.25) is 0 Å². The Bertz CT molecular complexity index is 552. The van der Waals surface area contributed by atoms with Crippen molar-refractivity contribution < 1.29 is 9.53 Å². The summed E-state index contributed by atoms with van der Waals surface area (Å²) in [7, 11) is 0. The Balaban J connectivity index is 1.78. The third-order valence-corrected chi connectivity index (χ3v) is 5.00. The summed E-state index contributed by atoms with van der Waals surface area (Å²) in [5.41, 5.74) is 1.24. The number of carbonyl (C=O) groups excluding carboxylic acids is 1. The highest BCUT2D eigenvalue weighted by Gasteiger charge is 2.47. The van der Waals surface area contributed by atoms with Crippen molar-refractivity contribution in [1.82, 2.24) is 9.88 Å². The van der Waals surface area contributed by atoms with E-state index in [1.807, 2.05) is 11.0 Å². The second kappa shape index (κ2) is 4.95. The number of nitrogens with one attached hydrogen (secondary N) is 1. The van der Waals surface area contributed by atoms with Gasteiger partial charge in [0.05, 0.1) is 5.56 Å². The van der Waals surface area contributed by atoms with E-state index in [1.54, 1.807) is 12.3 Å². The first-order valence-corrected chi connectivity index (χ1v) is 7.13. The Morgan fingerprint density at radius 3 is 2.90 bits per heavy atom. The molecule has 3 rings (SSSR count). The zero-order chi connectivity index (χ0) is 14.2. The monoisotopic (exact) mass is 273 g/mol. The number of nitrogens with zero attached hydrogens (tertiary/aromatic N) is 2. The van der Waals surface area contributed by atoms with Gasteiger partial charge < -0.3 is 14.6 Å². The SMILES string of the molecule is C[C@H]1N(C(=O)c2c[nH]c(C#N)c2)CCC12CCOCC2. The molecule has 5 nitrogen and oxygen atoms in total. The maximum atomic E-state index is 12.6. The fourth-order valence-electron chi connectivity index (χ4n) is 3.55. The quantitative estimate of drug-likeness (QED) is 0.850. The van der Waals surface area contributed by atoms with Gasteiger partial charge in [-0.1, -0.05) is 0 Å². The number of H-pyrrole nitrogens is 1. The van der Waals surface area contributed by atoms with Gasteiger partial charge in [0.25, 0.3) is 5.91 Å². The molecule has 1 amide bonds. The van der Waals surface area contributed by atoms with Crippen LogP contribution in [0.3, 0.4) is 0 Å². The van der Waals surface area contributed by atoms with Crippen LogP contribution in [0.1, 0.15) is 42.2 Å². The molecule has 0 bridgehead atoms. The van der Waals surface area contributed by atoms with E-state index in [9.17, 15) is 4.79 Å². The lowest BCUT2D eigenvalue weighted by Crippen LogP contribution is -2.43. The summed E-state index contributed by atoms with van der Waals surface area (Å²) in [6.07, 6.45) is 4.75. The molecule has 0 saturated carbocycles. The Morgan fingerprint density at radius 1 is 1.50 bits per heavy atom. The van der Waals surface area contributed by atoms with Crippen molar-refractivity contribution in [2.45, 2.75) is 32.2 Å². The second-order valence-electron chi connectivity index (χ2n) is 5.81. The third kappa shape index (κ3) is 2.01. The molecule has 0 aromatic carbocycles. The average molecular weight is 273 g/mol. The topological polar surface area (TPSA) is 69.1 Å². The van der Waals surface area contributed by atoms with Crippen molar-refractivity contribution in [2.24, 2.45) is 5.41 Å². The minimum atomic E-state index is 0.0265. The normalized spacial score (nSPS) is 24.8. The van der Waals surface area contributed by atoms with Crippen LogP contribution in [0.4, 0.5) is 0 Å². The van der Waals surface area contributed by atoms with Crippen LogP contribution in [-0.4, -0.2) is 41.6 Å². The first-order valence-electron chi connectivity index (χ1n) is 7.13. The van der Waals surface area contributed by atoms with Gasteiger partial charge in [0.15, 0.2) is 0 Å². The van der Waals surface area contributed by atoms with Gasteiger partial charge in [-0.3, -0.25) is 4.79 Å². The van der Waals surface area contributed by atoms with E-state index in [4.69, 9.17) is 10.00 Å². The molecule has 0 unspecified atom stereocenters. The number of carbonyl (C=O) groups is 1. The Kier molecular flexibility index (Phi) is 3.27. The molecule has 1 atom stereocenters. The van der Waals surface area contributed by atoms with Gasteiger partial charge in [-0.15, -0.1) is 0 Å². The van der Waals surface area contributed by atoms with Gasteiger partial charge in [0, 0.05) is 32.0 Å². The third-order valence-electron chi connectivity index (χ3n) is 5.00. The van der Waals surface area contributed by atoms with E-state index in [-0.39, 0.29) is 17.4 Å². The van der Waals surface area contributed by atoms with Crippen LogP contribution in [0.15, 0.2) is 12.3 Å². The highest BCUT2D eigenvalue weighted by Crippen LogP contribution is 2.45. The molecule has 3 heterocycles. The molecular formula is C15H19N3O2. The largest absolute Gasteiger partial charge is 0.381 e. The van der Waals surface area contributed by atoms with Crippen molar-refractivity contribution in [2.75, 3.05) is 19.8 Å². The average Bonchev–Trinajstić information content (AvgIpc) is 3.07. The predicted molar refractivity (Wildman–Crippen MR) is 73.1 cm³/mol. The second-order valence-corrected chi connectivity index (χ2v) is 5.81. The van der Waals surface area contributed by atoms with Gasteiger partial charge >= 0.3 is 0 Å². The molecular weight excluding hydrogens is 254 g/mol. The minimum Gasteiger partial charge on any atom is -0.381 e. The fraction of sp³-hybridized carbons (Fsp3) is 0.600. The zero-order valence-electron chi connectivity index (χ0n) is 11.7. The van der Waals surface area contributed by atoms with Crippen molar-refractivity contribution in [3.05, 3.63) is 23.5 Å². The Hall–Kier alpha value is -1.80. The maximum absolute atomic E-state index is 12.6. The van der Waals surface area contributed by atoms with Gasteiger partial charge in [-0.25, -0.2) is 0 Å². The molecule has 2 fully saturated rings. The van der Waals surface area contributed by atoms with Crippen LogP contribution in [-0.2, 0) is 4.74 Å². The summed E-state index contributed by atoms with van der Waals surface area (Å²) < 4.78 is 5.46. The smallest absolute Gasteiger partial charge is 0.255 e. The van der Waals surface area contributed by atoms with E-state index in [1.165, 1.54) is 0 Å². The highest BCUT2D eigenvalue weighted by molar-refractivity contribution is 5.94. The minimum absolute atomic E-state index is 0.0265. The Labute approximate surface area is 118 Å². The lowest BCUT2D eigenvalue weighted by molar-refractivity contribution is 0.000176. The van der Waals surface area contributed by atoms with E-state index in [0.717, 1.165) is 39.0 Å². The lowest BCUT2D eigenvalue weighted by atomic mass is 9.74. The number of hydrogen-bond acceptors (Lipinski definition) is 3. The molecule has 2 saturated heterocycles. The Morgan fingerprint density at radius 2 is 2.25 bits per heavy atom. The number of nitriles is 1. The standard InChI is InChI=1S/C15H19N3O2/c1-11-15(3-6-20-7-4-15)2-5-18(11)14(19)12-8-13(9-16)17-10-12/h8,10-11,17H,2-7H2,1H3/t11-/m1/s1. The molecule has 0 aliphatic carbocycles. The molecule has 1 aromatic rings. The van der Waals surface area contributed by atoms with Crippen LogP contribution in [0.5, 0.6) is 0 Å². The number of aromatic amines is 1. The van der Waals surface area contributed by atoms with Crippen molar-refractivity contribution in [3.63, 3.8) is 0 Å². The fourth-order valence-corrected chi connectivity index (χ4v) is 3.55. The van der Waals surface area contributed by atoms with Crippen LogP contribution >= 0.6 is 0 Å². The van der Waals surface area contributed by atoms with Crippen LogP contribution in [0.25, 0.3) is 0 Å². The predicted octanol–water partition coefficient (Wildman–Crippen LogP) is 1.92. The summed E-state index contributed by atoms with van der Waals surface area (Å²) in [5.74, 6) is 0.0265. The number of aromatic nitrogens is 1. The van der Waals surface area contributed by atoms with Crippen molar-refractivity contribution in [3.8, 4) is 6.07 Å². The first kappa shape index (κ1) is 13.2. The van der Waals surface area contributed by atoms with Crippen molar-refractivity contribution in [1.29, 1.82) is 5.26 Å². The van der Waals surface area contributed by atoms with E-state index < -0.39 is 0 Å². The molecule has 5 heteroatoms. The van der Waals surface area contributed by atoms with E-state index in [0.29, 0.717) is 11.3 Å². The molecule has 1 N–H and O–H groups in total. The molecule has 1 aromatic heterocycles. The van der Waals surface area contributed by atoms with Gasteiger partial charge in [0.1, 0.15) is 11.8 Å². The van der Waals surface area contributed by atoms with E-state index >= 15 is 0 Å². The molecule has 1 spiro atoms. The summed E-state index contributed by atoms with van der Waals surface area (Å²) in [6, 6.07) is 3.88. The van der Waals surface area contributed by atoms with Crippen molar-refractivity contribution >= 4 is 5.91 Å². The lowest BCUT2D eigenvalue weighted by Gasteiger charge is -2.38. The van der Waals surface area contributed by atoms with Crippen LogP contribution < -0.4 is 0 Å². The zero-order valence-corrected chi connectivity index (χ0v) is 11.7. The molecule has 2 aliphatic rings. The van der Waals surface area contributed by atoms with Crippen LogP contribution in [0, 0.1) is 16.7 Å². The molecule has 20 heavy (non-hydrogen) atoms. The number of ether oxygens (including phenoxy) is 1. The maximum Gasteiger partial charge on any atom is 0.255 e. The molecule has 0 radical (unpaired) electrons. The van der Waals surface area contributed by atoms with Gasteiger partial charge in [-0.05, 0) is 37.7 Å². The van der Waals surface area contributed by atoms with E-state index in [2.05, 4.69) is 11.9 Å². The highest BCUT2D eigenvalue weighted by atomic mass is 16.5. The summed E-state index contributed by atoms with van der Waals surface area (Å²) in [5, 5.41) is 8.83. The summed E-state index contributed by atoms with van der Waals surface area (Å²) in [4.78, 5) is 17.3. The first-order chi connectivity index (χ1) is 9.66. The number of likely N-dealkylation sites (tertiary alicyclic amines) is 1.